The Morgan fingerprint density at radius 3 is 1.01 bits per heavy atom. The van der Waals surface area contributed by atoms with Crippen LogP contribution in [0.5, 0.6) is 0 Å². The van der Waals surface area contributed by atoms with E-state index < -0.39 is 25.4 Å². The largest absolute Gasteiger partial charge is 0.467 e. The number of hydrogen-bond donors (Lipinski definition) is 10. The van der Waals surface area contributed by atoms with Gasteiger partial charge < -0.3 is 59.7 Å². The first kappa shape index (κ1) is 90.2. The average Bonchev–Trinajstić information content (AvgIpc) is 1.67. The highest BCUT2D eigenvalue weighted by Crippen LogP contribution is 2.45. The molecule has 15 heterocycles. The smallest absolute Gasteiger partial charge is 0.131 e. The number of hydrogen-bond acceptors (Lipinski definition) is 27. The van der Waals surface area contributed by atoms with Gasteiger partial charge in [0.25, 0.3) is 0 Å². The Morgan fingerprint density at radius 2 is 0.696 bits per heavy atom. The van der Waals surface area contributed by atoms with Crippen LogP contribution in [0.2, 0.25) is 40.8 Å². The molecule has 37 heteroatoms. The number of alkyl halides is 2. The zero-order valence-corrected chi connectivity index (χ0v) is 76.2. The number of nitrogens with one attached hydrogen (secondary N) is 5. The Bertz CT molecular complexity index is 4800. The Morgan fingerprint density at radius 1 is 0.383 bits per heavy atom. The molecular weight excluding hydrogens is 1800 g/mol. The minimum atomic E-state index is -0.581. The van der Waals surface area contributed by atoms with Crippen LogP contribution in [-0.2, 0) is 64.8 Å². The molecule has 0 amide bonds. The van der Waals surface area contributed by atoms with E-state index in [2.05, 4.69) is 107 Å². The number of furan rings is 1. The molecule has 0 saturated heterocycles. The summed E-state index contributed by atoms with van der Waals surface area (Å²) in [6.07, 6.45) is 11.3. The van der Waals surface area contributed by atoms with Crippen LogP contribution in [0.1, 0.15) is 101 Å². The van der Waals surface area contributed by atoms with Crippen LogP contribution in [0.15, 0.2) is 111 Å². The maximum Gasteiger partial charge on any atom is 0.131 e. The fourth-order valence-electron chi connectivity index (χ4n) is 11.5. The van der Waals surface area contributed by atoms with E-state index in [0.29, 0.717) is 85.4 Å². The predicted octanol–water partition coefficient (Wildman–Crippen LogP) is 24.5. The van der Waals surface area contributed by atoms with E-state index in [0.717, 1.165) is 160 Å². The molecule has 15 rings (SSSR count). The van der Waals surface area contributed by atoms with E-state index in [1.807, 2.05) is 71.7 Å². The van der Waals surface area contributed by atoms with Crippen LogP contribution < -0.4 is 55.3 Å². The van der Waals surface area contributed by atoms with Gasteiger partial charge in [0.15, 0.2) is 0 Å². The van der Waals surface area contributed by atoms with Gasteiger partial charge in [0.05, 0.1) is 104 Å². The third-order valence-corrected chi connectivity index (χ3v) is 30.1. The first-order chi connectivity index (χ1) is 55.4. The second-order valence-corrected chi connectivity index (χ2v) is 39.0. The molecule has 15 N–H and O–H groups in total. The van der Waals surface area contributed by atoms with E-state index in [-0.39, 0.29) is 18.1 Å². The van der Waals surface area contributed by atoms with Gasteiger partial charge >= 0.3 is 0 Å². The number of aryl methyl sites for hydroxylation is 2. The molecule has 610 valence electrons. The van der Waals surface area contributed by atoms with Crippen LogP contribution >= 0.6 is 195 Å². The van der Waals surface area contributed by atoms with Crippen molar-refractivity contribution in [3.05, 3.63) is 209 Å². The molecule has 0 aromatic carbocycles. The molecule has 0 spiro atoms. The van der Waals surface area contributed by atoms with Gasteiger partial charge in [-0.15, -0.1) is 102 Å². The summed E-state index contributed by atoms with van der Waals surface area (Å²) in [6, 6.07) is 20.5. The maximum atomic E-state index is 12.7. The van der Waals surface area contributed by atoms with Crippen molar-refractivity contribution in [1.29, 1.82) is 0 Å². The number of aromatic nitrogens is 7. The van der Waals surface area contributed by atoms with Gasteiger partial charge in [0.1, 0.15) is 71.4 Å². The van der Waals surface area contributed by atoms with Gasteiger partial charge in [-0.05, 0) is 105 Å². The number of thiazole rings is 2. The van der Waals surface area contributed by atoms with Gasteiger partial charge in [-0.3, -0.25) is 0 Å². The van der Waals surface area contributed by atoms with Crippen molar-refractivity contribution in [3.63, 3.8) is 0 Å². The van der Waals surface area contributed by atoms with Crippen molar-refractivity contribution in [2.75, 3.05) is 39.9 Å². The molecule has 0 unspecified atom stereocenters. The first-order valence-electron chi connectivity index (χ1n) is 36.3. The molecule has 18 nitrogen and oxygen atoms in total. The highest BCUT2D eigenvalue weighted by Gasteiger charge is 2.24. The number of anilines is 5. The highest BCUT2D eigenvalue weighted by atomic mass is 35.5. The normalized spacial score (nSPS) is 12.7. The first-order valence-corrected chi connectivity index (χ1v) is 47.0. The molecule has 0 bridgehead atoms. The lowest BCUT2D eigenvalue weighted by molar-refractivity contribution is 0.428. The summed E-state index contributed by atoms with van der Waals surface area (Å²) in [6.45, 7) is 12.6. The summed E-state index contributed by atoms with van der Waals surface area (Å²) in [4.78, 5) is 38.4. The summed E-state index contributed by atoms with van der Waals surface area (Å²) in [5.41, 5.74) is 40.5. The zero-order chi connectivity index (χ0) is 82.0. The third kappa shape index (κ3) is 24.4. The van der Waals surface area contributed by atoms with Gasteiger partial charge in [-0.2, -0.15) is 0 Å². The van der Waals surface area contributed by atoms with Crippen LogP contribution in [0.25, 0.3) is 51.1 Å². The fourth-order valence-corrected chi connectivity index (χ4v) is 22.4. The van der Waals surface area contributed by atoms with Crippen LogP contribution in [0.3, 0.4) is 0 Å². The van der Waals surface area contributed by atoms with Crippen LogP contribution in [0.4, 0.5) is 37.2 Å². The molecular formula is C78H83Cl8F2N17OS9. The van der Waals surface area contributed by atoms with Crippen LogP contribution in [-0.4, -0.2) is 78.4 Å². The fraction of sp³-hybridized carbons (Fsp3) is 0.321. The molecule has 0 aliphatic carbocycles. The van der Waals surface area contributed by atoms with E-state index in [1.165, 1.54) is 31.5 Å². The van der Waals surface area contributed by atoms with Crippen molar-refractivity contribution in [1.82, 2.24) is 34.9 Å². The summed E-state index contributed by atoms with van der Waals surface area (Å²) in [5.74, 6) is 0.832. The molecule has 0 fully saturated rings. The van der Waals surface area contributed by atoms with Crippen molar-refractivity contribution >= 4 is 274 Å². The Balaban J connectivity index is 0.000000142. The molecule has 15 aromatic rings. The summed E-state index contributed by atoms with van der Waals surface area (Å²) < 4.78 is 35.8. The Kier molecular flexibility index (Phi) is 34.2. The second kappa shape index (κ2) is 43.6. The highest BCUT2D eigenvalue weighted by molar-refractivity contribution is 7.22. The molecule has 0 aliphatic heterocycles. The Labute approximate surface area is 741 Å². The molecule has 15 aromatic heterocycles. The Hall–Kier alpha value is -5.53. The molecule has 115 heavy (non-hydrogen) atoms. The topological polar surface area (TPSA) is 294 Å². The van der Waals surface area contributed by atoms with E-state index >= 15 is 0 Å². The number of halogens is 10. The lowest BCUT2D eigenvalue weighted by atomic mass is 10.1. The number of thiophene rings is 7. The second-order valence-electron chi connectivity index (χ2n) is 26.4. The van der Waals surface area contributed by atoms with E-state index in [1.54, 1.807) is 115 Å². The lowest BCUT2D eigenvalue weighted by Crippen LogP contribution is -2.24. The van der Waals surface area contributed by atoms with Gasteiger partial charge in [-0.25, -0.2) is 43.7 Å². The van der Waals surface area contributed by atoms with E-state index in [9.17, 15) is 8.78 Å². The molecule has 5 atom stereocenters. The SMILES string of the molecule is CC[C@H](N)Cc1sc2c(NCc3cccs3)cc(Cl)nc2c1Cl.CC[C@H](N)Cc1sc2c(NCc3nccs3)cc(Cl)nc2c1C.CC[C@H](N)Cc1sc2c(NCc3nccs3)cc(Cl)nc2c1Cl.Cc1c(C[C@@H](N)CF)sc2c(NCc3ccco3)cc(Cl)nc12.N[C@@H](CF)Cc1sc2c(NCc3cccs3)cc(Cl)nc2c1Cl. The van der Waals surface area contributed by atoms with Crippen LogP contribution in [0, 0.1) is 13.8 Å². The quantitative estimate of drug-likeness (QED) is 0.0187. The van der Waals surface area contributed by atoms with Gasteiger partial charge in [0.2, 0.25) is 0 Å². The summed E-state index contributed by atoms with van der Waals surface area (Å²) in [7, 11) is 0. The van der Waals surface area contributed by atoms with Crippen molar-refractivity contribution in [3.8, 4) is 0 Å². The van der Waals surface area contributed by atoms with Crippen molar-refractivity contribution < 1.29 is 13.2 Å². The minimum Gasteiger partial charge on any atom is -0.467 e. The number of fused-ring (bicyclic) bond motifs is 5. The van der Waals surface area contributed by atoms with Gasteiger partial charge in [-0.1, -0.05) is 126 Å². The van der Waals surface area contributed by atoms with Crippen molar-refractivity contribution in [2.24, 2.45) is 28.7 Å². The number of pyridine rings is 5. The lowest BCUT2D eigenvalue weighted by Gasteiger charge is -2.06. The number of rotatable bonds is 30. The maximum absolute atomic E-state index is 12.7. The van der Waals surface area contributed by atoms with E-state index in [4.69, 9.17) is 126 Å². The zero-order valence-electron chi connectivity index (χ0n) is 62.8. The molecule has 0 radical (unpaired) electrons. The monoisotopic (exact) mass is 1880 g/mol. The molecule has 0 saturated carbocycles. The standard InChI is InChI=1S/C16H17Cl2N3S2.C16H17ClFN3OS.C16H19ClN4S2.C15H14Cl2FN3S2.C15H16Cl2N4S2/c1-2-9(19)6-12-14(18)15-16(23-12)11(7-13(17)21-15)20-8-10-4-3-5-22-10;1-9-13(5-10(19)7-18)23-16-12(6-14(17)21-15(9)16)20-8-11-3-2-4-22-11;1-3-10(18)6-12-9(2)15-16(23-12)11(7-13(17)21-15)20-8-14-19-4-5-22-14;16-12-5-10(20-7-9-2-1-3-22-9)15-14(21-12)13(17)11(23-15)4-8(19)6-18;1-2-8(18)5-10-13(17)14-15(23-10)9(6-11(16)21-14)20-7-12-19-3-4-22-12/h3-5,7,9H,2,6,8,19H2,1H3,(H,20,21);2-4,6,10H,5,7-8,19H2,1H3,(H,20,21);4-5,7,10H,3,6,8,18H2,1-2H3,(H,20,21);1-3,5,8H,4,6-7,19H2,(H,20,21);3-4,6,8H,2,5,7,18H2,1H3,(H,20,21)/t9-;2*10-;2*8-/m01010/s1. The third-order valence-electron chi connectivity index (χ3n) is 17.9. The predicted molar refractivity (Wildman–Crippen MR) is 497 cm³/mol. The summed E-state index contributed by atoms with van der Waals surface area (Å²) >= 11 is 64.9. The number of nitrogens with two attached hydrogens (primary N) is 5. The molecule has 0 aliphatic rings. The van der Waals surface area contributed by atoms with Crippen molar-refractivity contribution in [2.45, 2.75) is 149 Å². The minimum absolute atomic E-state index is 0.0998. The average molecular weight is 1880 g/mol. The summed E-state index contributed by atoms with van der Waals surface area (Å²) in [5, 5.41) is 31.1. The van der Waals surface area contributed by atoms with Gasteiger partial charge in [0, 0.05) is 137 Å². The number of nitrogens with zero attached hydrogens (tertiary/aromatic N) is 7.